The molecule has 17 heavy (non-hydrogen) atoms. The highest BCUT2D eigenvalue weighted by Gasteiger charge is 2.06. The van der Waals surface area contributed by atoms with Crippen LogP contribution in [0.25, 0.3) is 0 Å². The van der Waals surface area contributed by atoms with E-state index in [1.165, 1.54) is 12.0 Å². The van der Waals surface area contributed by atoms with Gasteiger partial charge in [0, 0.05) is 25.5 Å². The number of aromatic nitrogens is 1. The summed E-state index contributed by atoms with van der Waals surface area (Å²) in [5.74, 6) is 0.684. The third-order valence-corrected chi connectivity index (χ3v) is 2.72. The first kappa shape index (κ1) is 14.1. The van der Waals surface area contributed by atoms with Crippen molar-refractivity contribution in [3.63, 3.8) is 0 Å². The van der Waals surface area contributed by atoms with Gasteiger partial charge in [-0.3, -0.25) is 4.98 Å². The molecule has 1 aromatic heterocycles. The van der Waals surface area contributed by atoms with E-state index >= 15 is 0 Å². The van der Waals surface area contributed by atoms with Crippen LogP contribution in [0.5, 0.6) is 0 Å². The molecule has 1 atom stereocenters. The van der Waals surface area contributed by atoms with Gasteiger partial charge in [-0.1, -0.05) is 19.9 Å². The Morgan fingerprint density at radius 3 is 2.94 bits per heavy atom. The SMILES string of the molecule is CCCNCC(C)CN(C)Cc1cccnc1. The van der Waals surface area contributed by atoms with Gasteiger partial charge in [0.15, 0.2) is 0 Å². The molecule has 0 aliphatic carbocycles. The summed E-state index contributed by atoms with van der Waals surface area (Å²) in [5.41, 5.74) is 1.28. The van der Waals surface area contributed by atoms with Crippen molar-refractivity contribution >= 4 is 0 Å². The van der Waals surface area contributed by atoms with Crippen molar-refractivity contribution in [2.45, 2.75) is 26.8 Å². The lowest BCUT2D eigenvalue weighted by Crippen LogP contribution is -2.31. The Balaban J connectivity index is 2.22. The molecule has 0 radical (unpaired) electrons. The third-order valence-electron chi connectivity index (χ3n) is 2.72. The van der Waals surface area contributed by atoms with Crippen LogP contribution in [-0.4, -0.2) is 36.6 Å². The Labute approximate surface area is 105 Å². The molecule has 0 spiro atoms. The van der Waals surface area contributed by atoms with E-state index < -0.39 is 0 Å². The van der Waals surface area contributed by atoms with Crippen LogP contribution in [-0.2, 0) is 6.54 Å². The number of rotatable bonds is 8. The summed E-state index contributed by atoms with van der Waals surface area (Å²) in [6.45, 7) is 8.81. The third kappa shape index (κ3) is 6.39. The summed E-state index contributed by atoms with van der Waals surface area (Å²) in [5, 5.41) is 3.47. The minimum Gasteiger partial charge on any atom is -0.316 e. The lowest BCUT2D eigenvalue weighted by molar-refractivity contribution is 0.274. The maximum absolute atomic E-state index is 4.14. The molecule has 0 aliphatic rings. The molecule has 3 heteroatoms. The van der Waals surface area contributed by atoms with Crippen LogP contribution in [0.15, 0.2) is 24.5 Å². The topological polar surface area (TPSA) is 28.2 Å². The normalized spacial score (nSPS) is 12.9. The first-order valence-corrected chi connectivity index (χ1v) is 6.50. The Kier molecular flexibility index (Phi) is 6.82. The van der Waals surface area contributed by atoms with E-state index in [0.717, 1.165) is 26.2 Å². The predicted molar refractivity (Wildman–Crippen MR) is 72.9 cm³/mol. The zero-order valence-electron chi connectivity index (χ0n) is 11.3. The molecule has 0 fully saturated rings. The summed E-state index contributed by atoms with van der Waals surface area (Å²) in [7, 11) is 2.17. The molecule has 0 saturated heterocycles. The molecule has 1 aromatic rings. The van der Waals surface area contributed by atoms with Crippen molar-refractivity contribution in [1.29, 1.82) is 0 Å². The van der Waals surface area contributed by atoms with E-state index in [-0.39, 0.29) is 0 Å². The number of hydrogen-bond acceptors (Lipinski definition) is 3. The van der Waals surface area contributed by atoms with Gasteiger partial charge in [0.05, 0.1) is 0 Å². The maximum atomic E-state index is 4.14. The molecule has 1 rings (SSSR count). The second-order valence-electron chi connectivity index (χ2n) is 4.87. The summed E-state index contributed by atoms with van der Waals surface area (Å²) in [6, 6.07) is 4.12. The van der Waals surface area contributed by atoms with Crippen LogP contribution in [0.2, 0.25) is 0 Å². The Morgan fingerprint density at radius 1 is 1.47 bits per heavy atom. The summed E-state index contributed by atoms with van der Waals surface area (Å²) in [6.07, 6.45) is 4.97. The van der Waals surface area contributed by atoms with Crippen LogP contribution in [0.4, 0.5) is 0 Å². The van der Waals surface area contributed by atoms with Crippen molar-refractivity contribution in [2.24, 2.45) is 5.92 Å². The zero-order valence-corrected chi connectivity index (χ0v) is 11.3. The van der Waals surface area contributed by atoms with Gasteiger partial charge in [-0.2, -0.15) is 0 Å². The van der Waals surface area contributed by atoms with Gasteiger partial charge >= 0.3 is 0 Å². The van der Waals surface area contributed by atoms with Crippen LogP contribution in [0, 0.1) is 5.92 Å². The highest BCUT2D eigenvalue weighted by Crippen LogP contribution is 2.03. The van der Waals surface area contributed by atoms with E-state index in [2.05, 4.69) is 42.2 Å². The lowest BCUT2D eigenvalue weighted by atomic mass is 10.1. The smallest absolute Gasteiger partial charge is 0.0312 e. The monoisotopic (exact) mass is 235 g/mol. The first-order chi connectivity index (χ1) is 8.22. The van der Waals surface area contributed by atoms with Crippen molar-refractivity contribution in [1.82, 2.24) is 15.2 Å². The molecule has 0 amide bonds. The molecule has 0 bridgehead atoms. The fraction of sp³-hybridized carbons (Fsp3) is 0.643. The Bertz CT molecular complexity index is 287. The molecule has 1 N–H and O–H groups in total. The van der Waals surface area contributed by atoms with Gasteiger partial charge in [-0.15, -0.1) is 0 Å². The standard InChI is InChI=1S/C14H25N3/c1-4-7-15-9-13(2)11-17(3)12-14-6-5-8-16-10-14/h5-6,8,10,13,15H,4,7,9,11-12H2,1-3H3. The van der Waals surface area contributed by atoms with Crippen molar-refractivity contribution in [3.05, 3.63) is 30.1 Å². The molecular weight excluding hydrogens is 210 g/mol. The average Bonchev–Trinajstić information content (AvgIpc) is 2.30. The first-order valence-electron chi connectivity index (χ1n) is 6.50. The van der Waals surface area contributed by atoms with Crippen molar-refractivity contribution in [2.75, 3.05) is 26.7 Å². The van der Waals surface area contributed by atoms with Gasteiger partial charge in [-0.25, -0.2) is 0 Å². The minimum absolute atomic E-state index is 0.684. The quantitative estimate of drug-likeness (QED) is 0.700. The minimum atomic E-state index is 0.684. The lowest BCUT2D eigenvalue weighted by Gasteiger charge is -2.21. The largest absolute Gasteiger partial charge is 0.316 e. The van der Waals surface area contributed by atoms with Gasteiger partial charge < -0.3 is 10.2 Å². The van der Waals surface area contributed by atoms with Crippen LogP contribution < -0.4 is 5.32 Å². The van der Waals surface area contributed by atoms with Gasteiger partial charge in [0.2, 0.25) is 0 Å². The van der Waals surface area contributed by atoms with E-state index in [1.54, 1.807) is 0 Å². The van der Waals surface area contributed by atoms with E-state index in [4.69, 9.17) is 0 Å². The summed E-state index contributed by atoms with van der Waals surface area (Å²) < 4.78 is 0. The zero-order chi connectivity index (χ0) is 12.5. The highest BCUT2D eigenvalue weighted by molar-refractivity contribution is 5.07. The number of nitrogens with zero attached hydrogens (tertiary/aromatic N) is 2. The maximum Gasteiger partial charge on any atom is 0.0312 e. The fourth-order valence-electron chi connectivity index (χ4n) is 1.99. The molecule has 1 unspecified atom stereocenters. The second-order valence-corrected chi connectivity index (χ2v) is 4.87. The molecule has 0 aliphatic heterocycles. The molecule has 3 nitrogen and oxygen atoms in total. The van der Waals surface area contributed by atoms with Crippen LogP contribution >= 0.6 is 0 Å². The Hall–Kier alpha value is -0.930. The predicted octanol–water partition coefficient (Wildman–Crippen LogP) is 2.15. The average molecular weight is 235 g/mol. The number of hydrogen-bond donors (Lipinski definition) is 1. The van der Waals surface area contributed by atoms with Gasteiger partial charge in [0.25, 0.3) is 0 Å². The van der Waals surface area contributed by atoms with E-state index in [0.29, 0.717) is 5.92 Å². The molecule has 1 heterocycles. The summed E-state index contributed by atoms with van der Waals surface area (Å²) >= 11 is 0. The number of pyridine rings is 1. The Morgan fingerprint density at radius 2 is 2.29 bits per heavy atom. The van der Waals surface area contributed by atoms with Gasteiger partial charge in [0.1, 0.15) is 0 Å². The van der Waals surface area contributed by atoms with Crippen LogP contribution in [0.3, 0.4) is 0 Å². The van der Waals surface area contributed by atoms with E-state index in [9.17, 15) is 0 Å². The van der Waals surface area contributed by atoms with Crippen molar-refractivity contribution < 1.29 is 0 Å². The highest BCUT2D eigenvalue weighted by atomic mass is 15.1. The van der Waals surface area contributed by atoms with Crippen LogP contribution in [0.1, 0.15) is 25.8 Å². The molecule has 96 valence electrons. The van der Waals surface area contributed by atoms with E-state index in [1.807, 2.05) is 18.5 Å². The molecule has 0 saturated carbocycles. The molecular formula is C14H25N3. The van der Waals surface area contributed by atoms with Gasteiger partial charge in [-0.05, 0) is 44.1 Å². The number of nitrogens with one attached hydrogen (secondary N) is 1. The summed E-state index contributed by atoms with van der Waals surface area (Å²) in [4.78, 5) is 6.49. The van der Waals surface area contributed by atoms with Crippen molar-refractivity contribution in [3.8, 4) is 0 Å². The second kappa shape index (κ2) is 8.20. The fourth-order valence-corrected chi connectivity index (χ4v) is 1.99. The molecule has 0 aromatic carbocycles.